The van der Waals surface area contributed by atoms with Gasteiger partial charge < -0.3 is 0 Å². The fourth-order valence-electron chi connectivity index (χ4n) is 4.02. The normalized spacial score (nSPS) is 19.1. The number of carbonyl (C=O) groups is 2. The summed E-state index contributed by atoms with van der Waals surface area (Å²) in [7, 11) is 5.52. The Hall–Kier alpha value is -1.60. The monoisotopic (exact) mass is 710 g/mol. The first-order chi connectivity index (χ1) is 16.0. The number of thiol groups is 1. The van der Waals surface area contributed by atoms with E-state index < -0.39 is 18.4 Å². The Bertz CT molecular complexity index is 1170. The molecule has 0 saturated heterocycles. The van der Waals surface area contributed by atoms with Crippen LogP contribution in [0.5, 0.6) is 11.5 Å². The molecule has 0 bridgehead atoms. The quantitative estimate of drug-likeness (QED) is 0.168. The van der Waals surface area contributed by atoms with Crippen LogP contribution in [0.3, 0.4) is 0 Å². The molecule has 2 atom stereocenters. The van der Waals surface area contributed by atoms with E-state index >= 15 is 0 Å². The average Bonchev–Trinajstić information content (AvgIpc) is 3.35. The summed E-state index contributed by atoms with van der Waals surface area (Å²) < 4.78 is 16.1. The zero-order chi connectivity index (χ0) is 23.5. The molecule has 2 amide bonds. The SMILES string of the molecule is C=CCOC(=O)N1c2cc(O[SH-]#P)c(OC)cc2C(=O)N2CC=C(c3ccsc3)C[C@H]2C1O.[Tl]. The maximum absolute atomic E-state index is 13.6. The summed E-state index contributed by atoms with van der Waals surface area (Å²) in [6.45, 7) is 3.80. The summed E-state index contributed by atoms with van der Waals surface area (Å²) in [6.07, 6.45) is 1.62. The Morgan fingerprint density at radius 3 is 2.85 bits per heavy atom. The number of aliphatic hydroxyl groups excluding tert-OH is 1. The van der Waals surface area contributed by atoms with Crippen LogP contribution in [-0.2, 0) is 15.8 Å². The number of thiophene rings is 1. The fraction of sp³-hybridized carbons (Fsp3) is 0.273. The molecule has 0 saturated carbocycles. The molecular weight excluding hydrogens is 688 g/mol. The van der Waals surface area contributed by atoms with E-state index in [9.17, 15) is 14.7 Å². The molecule has 34 heavy (non-hydrogen) atoms. The summed E-state index contributed by atoms with van der Waals surface area (Å²) in [5.41, 5.74) is 2.40. The Kier molecular flexibility index (Phi) is 9.44. The van der Waals surface area contributed by atoms with Gasteiger partial charge in [0.1, 0.15) is 0 Å². The number of nitrogens with zero attached hydrogens (tertiary/aromatic N) is 2. The minimum Gasteiger partial charge on any atom is 0 e. The molecule has 1 radical (unpaired) electrons. The minimum absolute atomic E-state index is 0. The molecule has 1 N–H and O–H groups in total. The van der Waals surface area contributed by atoms with Crippen LogP contribution in [0, 0.1) is 0 Å². The van der Waals surface area contributed by atoms with Crippen LogP contribution in [0.15, 0.2) is 47.7 Å². The third-order valence-corrected chi connectivity index (χ3v) is 6.76. The van der Waals surface area contributed by atoms with Gasteiger partial charge in [-0.3, -0.25) is 0 Å². The van der Waals surface area contributed by atoms with Crippen LogP contribution in [0.25, 0.3) is 5.57 Å². The Morgan fingerprint density at radius 1 is 1.41 bits per heavy atom. The van der Waals surface area contributed by atoms with Gasteiger partial charge in [-0.25, -0.2) is 0 Å². The molecule has 2 aromatic rings. The van der Waals surface area contributed by atoms with E-state index in [0.29, 0.717) is 23.2 Å². The van der Waals surface area contributed by atoms with E-state index in [1.807, 2.05) is 22.9 Å². The van der Waals surface area contributed by atoms with Crippen molar-refractivity contribution >= 4 is 80.7 Å². The zero-order valence-corrected chi connectivity index (χ0v) is 25.4. The number of hydrogen-bond acceptors (Lipinski definition) is 8. The van der Waals surface area contributed by atoms with Crippen LogP contribution in [0.4, 0.5) is 10.5 Å². The van der Waals surface area contributed by atoms with Crippen molar-refractivity contribution in [3.8, 4) is 11.5 Å². The van der Waals surface area contributed by atoms with Gasteiger partial charge in [0.2, 0.25) is 0 Å². The molecule has 177 valence electrons. The number of ether oxygens (including phenoxy) is 2. The molecule has 8 nitrogen and oxygen atoms in total. The fourth-order valence-corrected chi connectivity index (χ4v) is 5.19. The molecule has 0 fully saturated rings. The maximum Gasteiger partial charge on any atom is 0 e. The van der Waals surface area contributed by atoms with E-state index in [4.69, 9.17) is 13.7 Å². The molecule has 1 unspecified atom stereocenters. The Balaban J connectivity index is 0.00000324. The summed E-state index contributed by atoms with van der Waals surface area (Å²) in [4.78, 5) is 29.3. The predicted molar refractivity (Wildman–Crippen MR) is 137 cm³/mol. The molecule has 2 aliphatic heterocycles. The first-order valence-corrected chi connectivity index (χ1v) is 12.9. The number of fused-ring (bicyclic) bond motifs is 2. The molecule has 1 aromatic heterocycles. The number of amides is 2. The second-order valence-corrected chi connectivity index (χ2v) is 8.93. The van der Waals surface area contributed by atoms with E-state index in [-0.39, 0.29) is 63.4 Å². The molecule has 0 spiro atoms. The zero-order valence-electron chi connectivity index (χ0n) is 18.3. The molecule has 4 rings (SSSR count). The minimum atomic E-state index is -1.36. The first kappa shape index (κ1) is 27.0. The van der Waals surface area contributed by atoms with E-state index in [1.165, 1.54) is 25.3 Å². The standard InChI is InChI=1S/C22H22N2O6PS2.Tl/c1-3-7-29-22(27)24-16-11-19(30-33-31)18(28-2)10-15(16)20(25)23-6-4-13(9-17(23)21(24)26)14-5-8-32-12-14;/h3-5,8,10-12,17,21,26,33H,1,6-7,9H2,2H3;/q-1;/t17-,21?;/m0./s1. The van der Waals surface area contributed by atoms with E-state index in [0.717, 1.165) is 16.0 Å². The number of benzene rings is 1. The van der Waals surface area contributed by atoms with Crippen molar-refractivity contribution in [1.82, 2.24) is 4.90 Å². The molecule has 1 aromatic carbocycles. The third kappa shape index (κ3) is 5.16. The van der Waals surface area contributed by atoms with Crippen LogP contribution >= 0.6 is 19.2 Å². The smallest absolute Gasteiger partial charge is 0 e. The van der Waals surface area contributed by atoms with Crippen molar-refractivity contribution in [2.75, 3.05) is 25.2 Å². The number of carbonyl (C=O) groups excluding carboxylic acids is 2. The predicted octanol–water partition coefficient (Wildman–Crippen LogP) is 3.57. The number of anilines is 1. The van der Waals surface area contributed by atoms with Crippen molar-refractivity contribution in [2.45, 2.75) is 18.7 Å². The van der Waals surface area contributed by atoms with Gasteiger partial charge in [-0.1, -0.05) is 0 Å². The van der Waals surface area contributed by atoms with Crippen LogP contribution in [0.1, 0.15) is 22.3 Å². The Labute approximate surface area is 227 Å². The van der Waals surface area contributed by atoms with Gasteiger partial charge >= 0.3 is 184 Å². The van der Waals surface area contributed by atoms with Crippen LogP contribution in [-0.4, -0.2) is 81.8 Å². The summed E-state index contributed by atoms with van der Waals surface area (Å²) in [5, 5.41) is 15.4. The Morgan fingerprint density at radius 2 is 2.21 bits per heavy atom. The topological polar surface area (TPSA) is 88.5 Å². The van der Waals surface area contributed by atoms with E-state index in [1.54, 1.807) is 16.2 Å². The van der Waals surface area contributed by atoms with E-state index in [2.05, 4.69) is 14.4 Å². The van der Waals surface area contributed by atoms with Gasteiger partial charge in [-0.05, 0) is 5.38 Å². The molecule has 12 heteroatoms. The number of hydrogen-bond donors (Lipinski definition) is 1. The molecular formula is C22H22N2O6PS2Tl-. The van der Waals surface area contributed by atoms with Gasteiger partial charge in [0.25, 0.3) is 0 Å². The van der Waals surface area contributed by atoms with Gasteiger partial charge in [-0.15, -0.1) is 0 Å². The number of aliphatic hydroxyl groups is 1. The van der Waals surface area contributed by atoms with Crippen molar-refractivity contribution < 1.29 is 28.4 Å². The molecule has 0 aliphatic carbocycles. The summed E-state index contributed by atoms with van der Waals surface area (Å²) in [6, 6.07) is 4.30. The molecule has 2 aliphatic rings. The van der Waals surface area contributed by atoms with Crippen LogP contribution < -0.4 is 13.8 Å². The first-order valence-electron chi connectivity index (χ1n) is 10.0. The average molecular weight is 710 g/mol. The third-order valence-electron chi connectivity index (χ3n) is 5.56. The van der Waals surface area contributed by atoms with Crippen molar-refractivity contribution in [2.24, 2.45) is 0 Å². The van der Waals surface area contributed by atoms with Gasteiger partial charge in [0.15, 0.2) is 0 Å². The van der Waals surface area contributed by atoms with Gasteiger partial charge in [0, 0.05) is 27.3 Å². The largest absolute Gasteiger partial charge is 0 e. The maximum atomic E-state index is 13.6. The van der Waals surface area contributed by atoms with Crippen molar-refractivity contribution in [3.63, 3.8) is 0 Å². The number of rotatable bonds is 5. The van der Waals surface area contributed by atoms with Crippen molar-refractivity contribution in [3.05, 3.63) is 58.8 Å². The van der Waals surface area contributed by atoms with Gasteiger partial charge in [-0.2, -0.15) is 11.3 Å². The van der Waals surface area contributed by atoms with Crippen LogP contribution in [0.2, 0.25) is 0 Å². The molecule has 3 heterocycles. The number of methoxy groups -OCH3 is 1. The second-order valence-electron chi connectivity index (χ2n) is 7.31. The van der Waals surface area contributed by atoms with Crippen molar-refractivity contribution in [1.29, 1.82) is 0 Å². The summed E-state index contributed by atoms with van der Waals surface area (Å²) in [5.74, 6) is 0.246. The summed E-state index contributed by atoms with van der Waals surface area (Å²) >= 11 is 1.87. The van der Waals surface area contributed by atoms with Gasteiger partial charge in [0.05, 0.1) is 0 Å². The second kappa shape index (κ2) is 11.9.